The van der Waals surface area contributed by atoms with Crippen molar-refractivity contribution in [2.45, 2.75) is 65.0 Å². The fraction of sp³-hybridized carbons (Fsp3) is 0.647. The van der Waals surface area contributed by atoms with Gasteiger partial charge in [-0.2, -0.15) is 0 Å². The zero-order chi connectivity index (χ0) is 13.9. The third-order valence-corrected chi connectivity index (χ3v) is 4.96. The molecule has 0 aromatic heterocycles. The number of nitrogens with one attached hydrogen (secondary N) is 1. The van der Waals surface area contributed by atoms with E-state index in [4.69, 9.17) is 0 Å². The maximum absolute atomic E-state index is 3.82. The predicted molar refractivity (Wildman–Crippen MR) is 86.3 cm³/mol. The molecule has 0 heterocycles. The number of hydrogen-bond acceptors (Lipinski definition) is 1. The average Bonchev–Trinajstić information content (AvgIpc) is 2.52. The summed E-state index contributed by atoms with van der Waals surface area (Å²) < 4.78 is 1.15. The Bertz CT molecular complexity index is 396. The highest BCUT2D eigenvalue weighted by atomic mass is 79.9. The summed E-state index contributed by atoms with van der Waals surface area (Å²) in [6, 6.07) is 9.80. The Morgan fingerprint density at radius 3 is 2.53 bits per heavy atom. The second kappa shape index (κ2) is 6.41. The van der Waals surface area contributed by atoms with Crippen molar-refractivity contribution in [3.05, 3.63) is 34.3 Å². The third kappa shape index (κ3) is 4.61. The molecule has 0 bridgehead atoms. The highest BCUT2D eigenvalue weighted by Gasteiger charge is 2.24. The van der Waals surface area contributed by atoms with Gasteiger partial charge in [-0.3, -0.25) is 0 Å². The minimum Gasteiger partial charge on any atom is -0.307 e. The van der Waals surface area contributed by atoms with Crippen LogP contribution in [0.15, 0.2) is 28.7 Å². The van der Waals surface area contributed by atoms with Crippen LogP contribution in [0, 0.1) is 5.41 Å². The molecule has 0 aliphatic heterocycles. The van der Waals surface area contributed by atoms with Gasteiger partial charge in [-0.1, -0.05) is 48.3 Å². The number of hydrogen-bond donors (Lipinski definition) is 1. The van der Waals surface area contributed by atoms with Crippen molar-refractivity contribution in [1.29, 1.82) is 0 Å². The zero-order valence-electron chi connectivity index (χ0n) is 12.4. The Morgan fingerprint density at radius 2 is 1.84 bits per heavy atom. The van der Waals surface area contributed by atoms with Crippen LogP contribution in [0.3, 0.4) is 0 Å². The minimum absolute atomic E-state index is 0.444. The fourth-order valence-electron chi connectivity index (χ4n) is 3.03. The first kappa shape index (κ1) is 15.1. The van der Waals surface area contributed by atoms with Crippen molar-refractivity contribution >= 4 is 15.9 Å². The summed E-state index contributed by atoms with van der Waals surface area (Å²) in [7, 11) is 0. The summed E-state index contributed by atoms with van der Waals surface area (Å²) in [6.45, 7) is 7.10. The second-order valence-electron chi connectivity index (χ2n) is 6.73. The van der Waals surface area contributed by atoms with E-state index < -0.39 is 0 Å². The highest BCUT2D eigenvalue weighted by molar-refractivity contribution is 9.10. The van der Waals surface area contributed by atoms with Crippen LogP contribution in [-0.2, 0) is 0 Å². The molecule has 19 heavy (non-hydrogen) atoms. The molecule has 1 aromatic rings. The third-order valence-electron chi connectivity index (χ3n) is 4.43. The van der Waals surface area contributed by atoms with Crippen LogP contribution >= 0.6 is 15.9 Å². The van der Waals surface area contributed by atoms with Crippen molar-refractivity contribution in [3.63, 3.8) is 0 Å². The topological polar surface area (TPSA) is 12.0 Å². The van der Waals surface area contributed by atoms with E-state index in [1.54, 1.807) is 0 Å². The van der Waals surface area contributed by atoms with Crippen LogP contribution in [0.2, 0.25) is 0 Å². The fourth-order valence-corrected chi connectivity index (χ4v) is 3.29. The van der Waals surface area contributed by atoms with Crippen LogP contribution in [-0.4, -0.2) is 6.04 Å². The molecular formula is C17H26BrN. The second-order valence-corrected chi connectivity index (χ2v) is 7.65. The number of halogens is 1. The van der Waals surface area contributed by atoms with Gasteiger partial charge in [0.15, 0.2) is 0 Å². The monoisotopic (exact) mass is 323 g/mol. The van der Waals surface area contributed by atoms with Crippen LogP contribution in [0.1, 0.15) is 64.5 Å². The molecule has 2 atom stereocenters. The molecule has 2 rings (SSSR count). The van der Waals surface area contributed by atoms with E-state index in [1.165, 1.54) is 37.7 Å². The van der Waals surface area contributed by atoms with Gasteiger partial charge in [0.2, 0.25) is 0 Å². The molecule has 1 aliphatic rings. The van der Waals surface area contributed by atoms with E-state index in [0.29, 0.717) is 17.5 Å². The van der Waals surface area contributed by atoms with E-state index >= 15 is 0 Å². The Hall–Kier alpha value is -0.340. The molecule has 1 fully saturated rings. The maximum Gasteiger partial charge on any atom is 0.0294 e. The van der Waals surface area contributed by atoms with Gasteiger partial charge in [-0.05, 0) is 55.7 Å². The normalized spacial score (nSPS) is 24.7. The van der Waals surface area contributed by atoms with Crippen molar-refractivity contribution in [2.75, 3.05) is 0 Å². The van der Waals surface area contributed by atoms with Crippen molar-refractivity contribution in [1.82, 2.24) is 5.32 Å². The average molecular weight is 324 g/mol. The molecule has 0 amide bonds. The van der Waals surface area contributed by atoms with Gasteiger partial charge in [-0.25, -0.2) is 0 Å². The molecule has 1 N–H and O–H groups in total. The zero-order valence-corrected chi connectivity index (χ0v) is 14.0. The molecule has 1 unspecified atom stereocenters. The SMILES string of the molecule is C[C@H](NC1CCCC(C)(C)CC1)c1ccc(Br)cc1. The molecule has 0 radical (unpaired) electrons. The molecule has 106 valence electrons. The summed E-state index contributed by atoms with van der Waals surface area (Å²) in [5, 5.41) is 3.82. The molecule has 1 aromatic carbocycles. The molecular weight excluding hydrogens is 298 g/mol. The van der Waals surface area contributed by atoms with Gasteiger partial charge in [0.25, 0.3) is 0 Å². The summed E-state index contributed by atoms with van der Waals surface area (Å²) in [6.07, 6.45) is 6.71. The quantitative estimate of drug-likeness (QED) is 0.728. The van der Waals surface area contributed by atoms with Crippen LogP contribution < -0.4 is 5.32 Å². The van der Waals surface area contributed by atoms with Crippen molar-refractivity contribution in [2.24, 2.45) is 5.41 Å². The van der Waals surface area contributed by atoms with Crippen LogP contribution in [0.4, 0.5) is 0 Å². The van der Waals surface area contributed by atoms with Gasteiger partial charge >= 0.3 is 0 Å². The Morgan fingerprint density at radius 1 is 1.16 bits per heavy atom. The highest BCUT2D eigenvalue weighted by Crippen LogP contribution is 2.34. The van der Waals surface area contributed by atoms with Gasteiger partial charge in [0.1, 0.15) is 0 Å². The summed E-state index contributed by atoms with van der Waals surface area (Å²) in [4.78, 5) is 0. The summed E-state index contributed by atoms with van der Waals surface area (Å²) >= 11 is 3.50. The molecule has 1 aliphatic carbocycles. The lowest BCUT2D eigenvalue weighted by molar-refractivity contribution is 0.307. The summed E-state index contributed by atoms with van der Waals surface area (Å²) in [5.74, 6) is 0. The van der Waals surface area contributed by atoms with Gasteiger partial charge in [-0.15, -0.1) is 0 Å². The molecule has 2 heteroatoms. The lowest BCUT2D eigenvalue weighted by Crippen LogP contribution is -2.31. The van der Waals surface area contributed by atoms with E-state index in [1.807, 2.05) is 0 Å². The molecule has 0 saturated heterocycles. The minimum atomic E-state index is 0.444. The lowest BCUT2D eigenvalue weighted by Gasteiger charge is -2.24. The largest absolute Gasteiger partial charge is 0.307 e. The van der Waals surface area contributed by atoms with Gasteiger partial charge in [0.05, 0.1) is 0 Å². The van der Waals surface area contributed by atoms with Crippen molar-refractivity contribution in [3.8, 4) is 0 Å². The van der Waals surface area contributed by atoms with E-state index in [-0.39, 0.29) is 0 Å². The van der Waals surface area contributed by atoms with E-state index in [9.17, 15) is 0 Å². The Labute approximate surface area is 126 Å². The van der Waals surface area contributed by atoms with E-state index in [2.05, 4.69) is 66.3 Å². The van der Waals surface area contributed by atoms with Crippen molar-refractivity contribution < 1.29 is 0 Å². The van der Waals surface area contributed by atoms with Gasteiger partial charge in [0, 0.05) is 16.6 Å². The first-order valence-corrected chi connectivity index (χ1v) is 8.27. The molecule has 1 nitrogen and oxygen atoms in total. The predicted octanol–water partition coefficient (Wildman–Crippen LogP) is 5.46. The molecule has 1 saturated carbocycles. The summed E-state index contributed by atoms with van der Waals surface area (Å²) in [5.41, 5.74) is 1.92. The smallest absolute Gasteiger partial charge is 0.0294 e. The maximum atomic E-state index is 3.82. The first-order valence-electron chi connectivity index (χ1n) is 7.48. The Kier molecular flexibility index (Phi) is 5.08. The number of benzene rings is 1. The number of rotatable bonds is 3. The first-order chi connectivity index (χ1) is 8.96. The lowest BCUT2D eigenvalue weighted by atomic mass is 9.85. The van der Waals surface area contributed by atoms with Crippen LogP contribution in [0.25, 0.3) is 0 Å². The molecule has 0 spiro atoms. The van der Waals surface area contributed by atoms with E-state index in [0.717, 1.165) is 4.47 Å². The standard InChI is InChI=1S/C17H26BrN/c1-13(14-6-8-15(18)9-7-14)19-16-5-4-11-17(2,3)12-10-16/h6-9,13,16,19H,4-5,10-12H2,1-3H3/t13-,16?/m0/s1. The van der Waals surface area contributed by atoms with Gasteiger partial charge < -0.3 is 5.32 Å². The Balaban J connectivity index is 1.91. The van der Waals surface area contributed by atoms with Crippen LogP contribution in [0.5, 0.6) is 0 Å².